The Kier molecular flexibility index (Phi) is 3.63. The first-order chi connectivity index (χ1) is 6.11. The van der Waals surface area contributed by atoms with Crippen molar-refractivity contribution in [3.05, 3.63) is 0 Å². The van der Waals surface area contributed by atoms with E-state index in [1.54, 1.807) is 0 Å². The molecule has 1 heterocycles. The van der Waals surface area contributed by atoms with Gasteiger partial charge >= 0.3 is 0 Å². The Morgan fingerprint density at radius 2 is 2.15 bits per heavy atom. The molecular formula is C8H18N2O3. The van der Waals surface area contributed by atoms with Crippen LogP contribution in [0.25, 0.3) is 0 Å². The van der Waals surface area contributed by atoms with Crippen LogP contribution in [0.1, 0.15) is 6.92 Å². The first-order valence-electron chi connectivity index (χ1n) is 4.43. The van der Waals surface area contributed by atoms with Crippen LogP contribution < -0.4 is 11.5 Å². The standard InChI is InChI=1S/C8H18N2O3/c1-4-5(3-9)13-8(12-2)6(10)7(4)11/h4-8,11H,3,9-10H2,1-2H3/t4-,5?,6?,7?,8+/m0/s1. The maximum absolute atomic E-state index is 9.71. The minimum Gasteiger partial charge on any atom is -0.391 e. The fourth-order valence-corrected chi connectivity index (χ4v) is 1.60. The summed E-state index contributed by atoms with van der Waals surface area (Å²) in [6, 6.07) is -0.497. The first-order valence-corrected chi connectivity index (χ1v) is 4.43. The van der Waals surface area contributed by atoms with E-state index in [9.17, 15) is 5.11 Å². The average molecular weight is 190 g/mol. The predicted molar refractivity (Wildman–Crippen MR) is 47.9 cm³/mol. The highest BCUT2D eigenvalue weighted by Crippen LogP contribution is 2.24. The Balaban J connectivity index is 2.66. The summed E-state index contributed by atoms with van der Waals surface area (Å²) in [5.74, 6) is -0.0496. The van der Waals surface area contributed by atoms with Crippen molar-refractivity contribution in [2.75, 3.05) is 13.7 Å². The second-order valence-corrected chi connectivity index (χ2v) is 3.44. The van der Waals surface area contributed by atoms with E-state index in [2.05, 4.69) is 0 Å². The Bertz CT molecular complexity index is 147. The molecule has 0 saturated carbocycles. The highest BCUT2D eigenvalue weighted by atomic mass is 16.7. The lowest BCUT2D eigenvalue weighted by Gasteiger charge is -2.41. The zero-order valence-corrected chi connectivity index (χ0v) is 8.01. The molecule has 0 aromatic heterocycles. The number of aliphatic hydroxyl groups excluding tert-OH is 1. The molecule has 13 heavy (non-hydrogen) atoms. The number of methoxy groups -OCH3 is 1. The molecule has 5 heteroatoms. The summed E-state index contributed by atoms with van der Waals surface area (Å²) < 4.78 is 10.4. The normalized spacial score (nSPS) is 46.4. The molecule has 78 valence electrons. The smallest absolute Gasteiger partial charge is 0.175 e. The second-order valence-electron chi connectivity index (χ2n) is 3.44. The fraction of sp³-hybridized carbons (Fsp3) is 1.00. The van der Waals surface area contributed by atoms with Crippen LogP contribution >= 0.6 is 0 Å². The zero-order valence-electron chi connectivity index (χ0n) is 8.01. The Morgan fingerprint density at radius 3 is 2.62 bits per heavy atom. The molecule has 0 aliphatic carbocycles. The van der Waals surface area contributed by atoms with E-state index in [-0.39, 0.29) is 12.0 Å². The topological polar surface area (TPSA) is 90.7 Å². The van der Waals surface area contributed by atoms with Gasteiger partial charge in [0.05, 0.1) is 18.2 Å². The number of hydrogen-bond acceptors (Lipinski definition) is 5. The highest BCUT2D eigenvalue weighted by Gasteiger charge is 2.40. The molecule has 3 unspecified atom stereocenters. The minimum absolute atomic E-state index is 0.0496. The van der Waals surface area contributed by atoms with Crippen LogP contribution in [0.2, 0.25) is 0 Å². The number of hydrogen-bond donors (Lipinski definition) is 3. The predicted octanol–water partition coefficient (Wildman–Crippen LogP) is -1.36. The largest absolute Gasteiger partial charge is 0.391 e. The fourth-order valence-electron chi connectivity index (χ4n) is 1.60. The van der Waals surface area contributed by atoms with Gasteiger partial charge in [-0.05, 0) is 0 Å². The molecule has 1 saturated heterocycles. The van der Waals surface area contributed by atoms with Crippen LogP contribution in [0.5, 0.6) is 0 Å². The zero-order chi connectivity index (χ0) is 10.0. The van der Waals surface area contributed by atoms with Crippen molar-refractivity contribution in [2.24, 2.45) is 17.4 Å². The van der Waals surface area contributed by atoms with Crippen molar-refractivity contribution >= 4 is 0 Å². The van der Waals surface area contributed by atoms with E-state index in [0.29, 0.717) is 6.54 Å². The van der Waals surface area contributed by atoms with Crippen LogP contribution in [-0.2, 0) is 9.47 Å². The summed E-state index contributed by atoms with van der Waals surface area (Å²) in [6.45, 7) is 2.23. The van der Waals surface area contributed by atoms with Gasteiger partial charge in [-0.1, -0.05) is 6.92 Å². The van der Waals surface area contributed by atoms with E-state index < -0.39 is 18.4 Å². The molecule has 0 aromatic rings. The minimum atomic E-state index is -0.618. The number of aliphatic hydroxyl groups is 1. The Hall–Kier alpha value is -0.200. The summed E-state index contributed by atoms with van der Waals surface area (Å²) in [5, 5.41) is 9.71. The SMILES string of the molecule is CO[C@@H]1OC(CN)[C@H](C)C(O)C1N. The van der Waals surface area contributed by atoms with Gasteiger partial charge in [0, 0.05) is 19.6 Å². The van der Waals surface area contributed by atoms with Gasteiger partial charge in [0.15, 0.2) is 6.29 Å². The average Bonchev–Trinajstić information content (AvgIpc) is 2.15. The lowest BCUT2D eigenvalue weighted by molar-refractivity contribution is -0.230. The monoisotopic (exact) mass is 190 g/mol. The van der Waals surface area contributed by atoms with Crippen molar-refractivity contribution in [1.29, 1.82) is 0 Å². The van der Waals surface area contributed by atoms with Gasteiger partial charge in [0.25, 0.3) is 0 Å². The van der Waals surface area contributed by atoms with Gasteiger partial charge in [-0.25, -0.2) is 0 Å². The molecule has 5 N–H and O–H groups in total. The van der Waals surface area contributed by atoms with Crippen LogP contribution in [0.3, 0.4) is 0 Å². The van der Waals surface area contributed by atoms with Crippen molar-refractivity contribution in [1.82, 2.24) is 0 Å². The number of nitrogens with two attached hydrogens (primary N) is 2. The third kappa shape index (κ3) is 2.00. The molecular weight excluding hydrogens is 172 g/mol. The van der Waals surface area contributed by atoms with Crippen LogP contribution in [0.15, 0.2) is 0 Å². The summed E-state index contributed by atoms with van der Waals surface area (Å²) in [5.41, 5.74) is 11.2. The molecule has 0 radical (unpaired) electrons. The highest BCUT2D eigenvalue weighted by molar-refractivity contribution is 4.89. The van der Waals surface area contributed by atoms with Crippen LogP contribution in [-0.4, -0.2) is 43.3 Å². The van der Waals surface area contributed by atoms with Gasteiger partial charge in [0.1, 0.15) is 0 Å². The van der Waals surface area contributed by atoms with Crippen molar-refractivity contribution in [3.8, 4) is 0 Å². The third-order valence-corrected chi connectivity index (χ3v) is 2.61. The van der Waals surface area contributed by atoms with Crippen LogP contribution in [0, 0.1) is 5.92 Å². The van der Waals surface area contributed by atoms with Crippen LogP contribution in [0.4, 0.5) is 0 Å². The second kappa shape index (κ2) is 4.34. The summed E-state index contributed by atoms with van der Waals surface area (Å²) >= 11 is 0. The summed E-state index contributed by atoms with van der Waals surface area (Å²) in [6.07, 6.45) is -1.35. The maximum Gasteiger partial charge on any atom is 0.175 e. The molecule has 1 aliphatic rings. The molecule has 0 amide bonds. The summed E-state index contributed by atoms with van der Waals surface area (Å²) in [7, 11) is 1.50. The van der Waals surface area contributed by atoms with Crippen molar-refractivity contribution in [3.63, 3.8) is 0 Å². The van der Waals surface area contributed by atoms with Gasteiger partial charge in [0.2, 0.25) is 0 Å². The van der Waals surface area contributed by atoms with Gasteiger partial charge in [-0.3, -0.25) is 0 Å². The maximum atomic E-state index is 9.71. The quantitative estimate of drug-likeness (QED) is 0.500. The van der Waals surface area contributed by atoms with Gasteiger partial charge in [-0.2, -0.15) is 0 Å². The van der Waals surface area contributed by atoms with Gasteiger partial charge in [-0.15, -0.1) is 0 Å². The third-order valence-electron chi connectivity index (χ3n) is 2.61. The lowest BCUT2D eigenvalue weighted by Crippen LogP contribution is -2.59. The van der Waals surface area contributed by atoms with Crippen molar-refractivity contribution < 1.29 is 14.6 Å². The Morgan fingerprint density at radius 1 is 1.54 bits per heavy atom. The molecule has 1 fully saturated rings. The molecule has 5 atom stereocenters. The number of ether oxygens (including phenoxy) is 2. The van der Waals surface area contributed by atoms with E-state index in [0.717, 1.165) is 0 Å². The molecule has 1 rings (SSSR count). The lowest BCUT2D eigenvalue weighted by atomic mass is 9.90. The molecule has 0 aromatic carbocycles. The summed E-state index contributed by atoms with van der Waals surface area (Å²) in [4.78, 5) is 0. The van der Waals surface area contributed by atoms with E-state index in [4.69, 9.17) is 20.9 Å². The molecule has 0 spiro atoms. The van der Waals surface area contributed by atoms with E-state index >= 15 is 0 Å². The van der Waals surface area contributed by atoms with Crippen molar-refractivity contribution in [2.45, 2.75) is 31.5 Å². The van der Waals surface area contributed by atoms with E-state index in [1.807, 2.05) is 6.92 Å². The number of rotatable bonds is 2. The van der Waals surface area contributed by atoms with Gasteiger partial charge < -0.3 is 26.0 Å². The van der Waals surface area contributed by atoms with E-state index in [1.165, 1.54) is 7.11 Å². The molecule has 5 nitrogen and oxygen atoms in total. The first kappa shape index (κ1) is 10.9. The molecule has 1 aliphatic heterocycles. The Labute approximate surface area is 78.0 Å². The molecule has 0 bridgehead atoms.